The number of carbonyl (C=O) groups is 8. The van der Waals surface area contributed by atoms with Crippen molar-refractivity contribution in [1.82, 2.24) is 69.8 Å². The molecule has 620 valence electrons. The second-order valence-electron chi connectivity index (χ2n) is 26.5. The number of ketones is 1. The number of hydrogen-bond donors (Lipinski definition) is 4. The van der Waals surface area contributed by atoms with Gasteiger partial charge in [0.05, 0.1) is 97.2 Å². The average Bonchev–Trinajstić information content (AvgIpc) is 1.45. The quantitative estimate of drug-likeness (QED) is 0.0139. The Morgan fingerprint density at radius 2 is 0.889 bits per heavy atom. The summed E-state index contributed by atoms with van der Waals surface area (Å²) in [6, 6.07) is 0. The van der Waals surface area contributed by atoms with Crippen LogP contribution in [0.1, 0.15) is 198 Å². The van der Waals surface area contributed by atoms with Crippen LogP contribution < -0.4 is 0 Å². The fraction of sp³-hybridized carbons (Fsp3) is 0.787. The van der Waals surface area contributed by atoms with Crippen molar-refractivity contribution in [1.29, 1.82) is 0 Å². The van der Waals surface area contributed by atoms with Gasteiger partial charge in [-0.05, 0) is 120 Å². The zero-order valence-corrected chi connectivity index (χ0v) is 68.2. The lowest BCUT2D eigenvalue weighted by Gasteiger charge is -2.33. The second kappa shape index (κ2) is 64.4. The summed E-state index contributed by atoms with van der Waals surface area (Å²) in [6.07, 6.45) is 30.3. The van der Waals surface area contributed by atoms with Crippen molar-refractivity contribution < 1.29 is 91.9 Å². The van der Waals surface area contributed by atoms with Crippen molar-refractivity contribution in [2.45, 2.75) is 248 Å². The number of aryl methyl sites for hydroxylation is 4. The molecule has 6 rings (SSSR count). The highest BCUT2D eigenvalue weighted by Crippen LogP contribution is 2.39. The van der Waals surface area contributed by atoms with Gasteiger partial charge in [-0.2, -0.15) is 0 Å². The van der Waals surface area contributed by atoms with E-state index in [1.165, 1.54) is 112 Å². The number of esters is 5. The largest absolute Gasteiger partial charge is 0.481 e. The van der Waals surface area contributed by atoms with Gasteiger partial charge in [-0.25, -0.2) is 0 Å². The number of aliphatic hydroxyl groups excluding tert-OH is 2. The standard InChI is InChI=1S/C28H44O13.2C10H19N3.C9H14O4.2C7H14N4.2C2H6O/c1-8-11-17(29)14(4)21(24(30)31)19(38-6)13-16-23(28(36)41-27(16)35)20(39-7)12-15(26(34)40-10-3)22(25(32)33)18(9-2)37-5;2*1-2-3-4-5-6-7-9-13-10-8-11-12-13;1-4-6(12-3)7-5(2)8(10)13-9(7)11;2*1-10(2)5-3-6-11-7-4-8-9-11;2*1-2-3/h14-16,18-23H,8-13H2,1-7H3,(H,30,31)(H,32,33);2*8,10H,2-7,9H2,1H3;5-7H,4H2,1-3H3;2*4,7H,3,5-6H2,1-2H3;2*3H,2H2,1H3. The van der Waals surface area contributed by atoms with E-state index >= 15 is 0 Å². The molecular weight excluding hydrogens is 1400 g/mol. The first-order chi connectivity index (χ1) is 51.7. The van der Waals surface area contributed by atoms with Crippen molar-refractivity contribution in [2.24, 2.45) is 47.3 Å². The smallest absolute Gasteiger partial charge is 0.320 e. The summed E-state index contributed by atoms with van der Waals surface area (Å²) < 4.78 is 43.5. The minimum Gasteiger partial charge on any atom is -0.481 e. The third-order valence-electron chi connectivity index (χ3n) is 17.7. The molecule has 0 saturated carbocycles. The van der Waals surface area contributed by atoms with Crippen LogP contribution in [0.15, 0.2) is 49.6 Å². The van der Waals surface area contributed by atoms with Gasteiger partial charge in [0.15, 0.2) is 0 Å². The molecule has 0 aliphatic carbocycles. The van der Waals surface area contributed by atoms with Crippen molar-refractivity contribution in [2.75, 3.05) is 89.5 Å². The highest BCUT2D eigenvalue weighted by molar-refractivity contribution is 5.97. The maximum absolute atomic E-state index is 13.0. The minimum atomic E-state index is -1.36. The van der Waals surface area contributed by atoms with Gasteiger partial charge < -0.3 is 63.4 Å². The number of carbonyl (C=O) groups excluding carboxylic acids is 6. The summed E-state index contributed by atoms with van der Waals surface area (Å²) in [4.78, 5) is 102. The van der Waals surface area contributed by atoms with Crippen LogP contribution in [0, 0.1) is 47.3 Å². The summed E-state index contributed by atoms with van der Waals surface area (Å²) in [7, 11) is 13.6. The van der Waals surface area contributed by atoms with Gasteiger partial charge in [-0.15, -0.1) is 20.4 Å². The zero-order chi connectivity index (χ0) is 81.8. The molecular formula is C75H136N14O19. The maximum Gasteiger partial charge on any atom is 0.320 e. The molecule has 33 heteroatoms. The van der Waals surface area contributed by atoms with Crippen molar-refractivity contribution in [3.8, 4) is 0 Å². The Bertz CT molecular complexity index is 2770. The summed E-state index contributed by atoms with van der Waals surface area (Å²) in [5.41, 5.74) is 0. The molecule has 4 N–H and O–H groups in total. The van der Waals surface area contributed by atoms with E-state index in [0.717, 1.165) is 52.1 Å². The molecule has 108 heavy (non-hydrogen) atoms. The molecule has 0 aromatic carbocycles. The molecule has 0 spiro atoms. The fourth-order valence-corrected chi connectivity index (χ4v) is 11.9. The number of aliphatic carboxylic acids is 2. The number of carboxylic acid groups (broad SMARTS) is 2. The lowest BCUT2D eigenvalue weighted by Crippen LogP contribution is -2.45. The number of unbranched alkanes of at least 4 members (excludes halogenated alkanes) is 10. The first kappa shape index (κ1) is 103. The number of aromatic nitrogens is 12. The predicted octanol–water partition coefficient (Wildman–Crippen LogP) is 8.60. The summed E-state index contributed by atoms with van der Waals surface area (Å²) >= 11 is 0. The maximum atomic E-state index is 13.0. The third kappa shape index (κ3) is 43.7. The Hall–Kier alpha value is -7.40. The Balaban J connectivity index is 0. The Kier molecular flexibility index (Phi) is 61.2. The average molecular weight is 1540 g/mol. The van der Waals surface area contributed by atoms with Crippen molar-refractivity contribution in [3.05, 3.63) is 49.6 Å². The number of ether oxygens (including phenoxy) is 7. The molecule has 4 aromatic rings. The molecule has 2 fully saturated rings. The number of rotatable bonds is 45. The number of aliphatic hydroxyl groups is 2. The first-order valence-electron chi connectivity index (χ1n) is 38.4. The Morgan fingerprint density at radius 3 is 1.20 bits per heavy atom. The van der Waals surface area contributed by atoms with Crippen LogP contribution in [-0.2, 0) is 97.7 Å². The third-order valence-corrected chi connectivity index (χ3v) is 17.7. The minimum absolute atomic E-state index is 0.0310. The lowest BCUT2D eigenvalue weighted by atomic mass is 9.75. The van der Waals surface area contributed by atoms with E-state index in [4.69, 9.17) is 38.6 Å². The van der Waals surface area contributed by atoms with Gasteiger partial charge in [0.2, 0.25) is 0 Å². The predicted molar refractivity (Wildman–Crippen MR) is 405 cm³/mol. The van der Waals surface area contributed by atoms with Crippen LogP contribution in [-0.4, -0.2) is 252 Å². The van der Waals surface area contributed by atoms with Gasteiger partial charge in [-0.3, -0.25) is 57.1 Å². The zero-order valence-electron chi connectivity index (χ0n) is 68.2. The van der Waals surface area contributed by atoms with Gasteiger partial charge in [0.1, 0.15) is 5.78 Å². The molecule has 6 heterocycles. The highest BCUT2D eigenvalue weighted by atomic mass is 16.6. The molecule has 2 saturated heterocycles. The molecule has 2 aliphatic heterocycles. The number of carboxylic acids is 2. The molecule has 12 unspecified atom stereocenters. The number of methoxy groups -OCH3 is 4. The molecule has 12 atom stereocenters. The van der Waals surface area contributed by atoms with Crippen molar-refractivity contribution in [3.63, 3.8) is 0 Å². The molecule has 4 aromatic heterocycles. The van der Waals surface area contributed by atoms with Gasteiger partial charge in [0.25, 0.3) is 0 Å². The Morgan fingerprint density at radius 1 is 0.500 bits per heavy atom. The van der Waals surface area contributed by atoms with Crippen LogP contribution in [0.3, 0.4) is 0 Å². The van der Waals surface area contributed by atoms with E-state index in [2.05, 4.69) is 97.8 Å². The molecule has 2 aliphatic rings. The second-order valence-corrected chi connectivity index (χ2v) is 26.5. The van der Waals surface area contributed by atoms with E-state index in [-0.39, 0.29) is 63.3 Å². The normalized spacial score (nSPS) is 17.1. The molecule has 0 bridgehead atoms. The number of hydrogen-bond acceptors (Lipinski definition) is 27. The van der Waals surface area contributed by atoms with E-state index in [1.54, 1.807) is 66.3 Å². The van der Waals surface area contributed by atoms with E-state index in [0.29, 0.717) is 12.8 Å². The summed E-state index contributed by atoms with van der Waals surface area (Å²) in [5, 5.41) is 65.6. The number of Topliss-reactive ketones (excluding diaryl/α,β-unsaturated/α-hetero) is 1. The van der Waals surface area contributed by atoms with E-state index in [9.17, 15) is 48.6 Å². The monoisotopic (exact) mass is 1540 g/mol. The summed E-state index contributed by atoms with van der Waals surface area (Å²) in [6.45, 7) is 24.6. The van der Waals surface area contributed by atoms with Gasteiger partial charge in [0, 0.05) is 105 Å². The van der Waals surface area contributed by atoms with E-state index in [1.807, 2.05) is 50.4 Å². The first-order valence-corrected chi connectivity index (χ1v) is 38.4. The van der Waals surface area contributed by atoms with Crippen LogP contribution in [0.2, 0.25) is 0 Å². The SMILES string of the molecule is CCC(OC)C1C(=O)OC(=O)C1C.CCCC(=O)C(C)C(C(=O)O)C(CC1C(=O)OC(=O)C1C(CC(C(=O)OCC)C(C(=O)O)C(CC)OC)OC)OC.CCCCCCCCn1ccnn1.CCCCCCCCn1ccnn1.CCO.CCO.CN(C)CCCn1ccnn1.CN(C)CCCn1ccnn1. The number of cyclic esters (lactones) is 4. The molecule has 0 radical (unpaired) electrons. The van der Waals surface area contributed by atoms with E-state index < -0.39 is 102 Å². The van der Waals surface area contributed by atoms with Crippen LogP contribution in [0.25, 0.3) is 0 Å². The van der Waals surface area contributed by atoms with Gasteiger partial charge >= 0.3 is 41.8 Å². The van der Waals surface area contributed by atoms with Crippen LogP contribution >= 0.6 is 0 Å². The lowest BCUT2D eigenvalue weighted by molar-refractivity contribution is -0.166. The molecule has 33 nitrogen and oxygen atoms in total. The Labute approximate surface area is 641 Å². The topological polar surface area (TPSA) is 411 Å². The fourth-order valence-electron chi connectivity index (χ4n) is 11.9. The van der Waals surface area contributed by atoms with Crippen molar-refractivity contribution >= 4 is 47.6 Å². The summed E-state index contributed by atoms with van der Waals surface area (Å²) in [5.74, 6) is -14.8. The number of nitrogens with zero attached hydrogens (tertiary/aromatic N) is 14. The van der Waals surface area contributed by atoms with Crippen LogP contribution in [0.4, 0.5) is 0 Å². The van der Waals surface area contributed by atoms with Gasteiger partial charge in [-0.1, -0.05) is 134 Å². The van der Waals surface area contributed by atoms with Crippen LogP contribution in [0.5, 0.6) is 0 Å². The highest BCUT2D eigenvalue weighted by Gasteiger charge is 2.53. The molecule has 0 amide bonds.